The molecule has 4 aromatic rings. The van der Waals surface area contributed by atoms with E-state index in [1.165, 1.54) is 9.79 Å². The van der Waals surface area contributed by atoms with E-state index in [4.69, 9.17) is 38.4 Å². The van der Waals surface area contributed by atoms with Gasteiger partial charge in [0.2, 0.25) is 0 Å². The van der Waals surface area contributed by atoms with Crippen LogP contribution in [0.4, 0.5) is 11.4 Å². The lowest BCUT2D eigenvalue weighted by Crippen LogP contribution is -2.10. The van der Waals surface area contributed by atoms with Crippen LogP contribution >= 0.6 is 23.5 Å². The van der Waals surface area contributed by atoms with Crippen molar-refractivity contribution in [2.45, 2.75) is 9.79 Å². The predicted molar refractivity (Wildman–Crippen MR) is 177 cm³/mol. The van der Waals surface area contributed by atoms with Crippen LogP contribution in [0.15, 0.2) is 92.6 Å². The standard InChI is InChI=1S/C34H34N2O6S2/c1-37-15-17-39-19-21-41-25-7-3-23(4-8-25)33-35-27-11-14-30-32-28(12-13-29(43-33)31(27)32)36-34(44-30)24-5-9-26(10-6-24)42-22-20-40-18-16-38-2/h3-14H,15-22H2,1-2H3. The molecule has 4 aromatic carbocycles. The van der Waals surface area contributed by atoms with Crippen molar-refractivity contribution in [1.82, 2.24) is 0 Å². The lowest BCUT2D eigenvalue weighted by Gasteiger charge is -2.22. The summed E-state index contributed by atoms with van der Waals surface area (Å²) in [5, 5.41) is 4.25. The Hall–Kier alpha value is -3.38. The molecule has 2 heterocycles. The third kappa shape index (κ3) is 7.28. The molecule has 0 unspecified atom stereocenters. The number of methoxy groups -OCH3 is 2. The second-order valence-electron chi connectivity index (χ2n) is 9.91. The maximum absolute atomic E-state index is 5.81. The van der Waals surface area contributed by atoms with E-state index < -0.39 is 0 Å². The van der Waals surface area contributed by atoms with E-state index in [9.17, 15) is 0 Å². The van der Waals surface area contributed by atoms with Gasteiger partial charge in [0.15, 0.2) is 0 Å². The zero-order chi connectivity index (χ0) is 30.1. The number of aliphatic imine (C=N–C) groups is 2. The first-order valence-electron chi connectivity index (χ1n) is 14.5. The lowest BCUT2D eigenvalue weighted by molar-refractivity contribution is 0.0544. The van der Waals surface area contributed by atoms with Crippen LogP contribution < -0.4 is 9.47 Å². The molecule has 0 atom stereocenters. The molecular formula is C34H34N2O6S2. The average molecular weight is 631 g/mol. The van der Waals surface area contributed by atoms with Crippen molar-refractivity contribution < 1.29 is 28.4 Å². The summed E-state index contributed by atoms with van der Waals surface area (Å²) < 4.78 is 32.5. The van der Waals surface area contributed by atoms with Gasteiger partial charge in [0, 0.05) is 45.9 Å². The Labute approximate surface area is 265 Å². The second-order valence-corrected chi connectivity index (χ2v) is 12.0. The quantitative estimate of drug-likeness (QED) is 0.119. The van der Waals surface area contributed by atoms with Gasteiger partial charge < -0.3 is 28.4 Å². The summed E-state index contributed by atoms with van der Waals surface area (Å²) in [6.45, 7) is 4.33. The summed E-state index contributed by atoms with van der Waals surface area (Å²) in [6.07, 6.45) is 0. The minimum atomic E-state index is 0.493. The van der Waals surface area contributed by atoms with Crippen molar-refractivity contribution in [2.75, 3.05) is 67.1 Å². The zero-order valence-corrected chi connectivity index (χ0v) is 26.4. The van der Waals surface area contributed by atoms with Gasteiger partial charge in [0.25, 0.3) is 0 Å². The molecule has 8 nitrogen and oxygen atoms in total. The van der Waals surface area contributed by atoms with Crippen LogP contribution in [0.1, 0.15) is 11.1 Å². The van der Waals surface area contributed by atoms with Crippen molar-refractivity contribution in [3.05, 3.63) is 83.9 Å². The average Bonchev–Trinajstić information content (AvgIpc) is 3.07. The fourth-order valence-electron chi connectivity index (χ4n) is 4.79. The summed E-state index contributed by atoms with van der Waals surface area (Å²) >= 11 is 3.38. The molecular weight excluding hydrogens is 597 g/mol. The Bertz CT molecular complexity index is 1520. The first-order valence-corrected chi connectivity index (χ1v) is 16.1. The normalized spacial score (nSPS) is 13.5. The molecule has 0 radical (unpaired) electrons. The Morgan fingerprint density at radius 1 is 0.477 bits per heavy atom. The van der Waals surface area contributed by atoms with Gasteiger partial charge in [-0.25, -0.2) is 9.98 Å². The van der Waals surface area contributed by atoms with Gasteiger partial charge in [-0.1, -0.05) is 23.5 Å². The first-order chi connectivity index (χ1) is 21.7. The molecule has 0 aliphatic carbocycles. The number of hydrogen-bond donors (Lipinski definition) is 0. The Morgan fingerprint density at radius 3 is 1.30 bits per heavy atom. The van der Waals surface area contributed by atoms with E-state index in [1.807, 2.05) is 24.3 Å². The SMILES string of the molecule is COCCOCCOc1ccc(C2=Nc3ccc4c5c(ccc(c35)S2)N=C(c2ccc(OCCOCCOC)cc2)S4)cc1. The number of benzene rings is 4. The topological polar surface area (TPSA) is 80.1 Å². The largest absolute Gasteiger partial charge is 0.491 e. The molecule has 0 saturated carbocycles. The molecule has 6 rings (SSSR count). The third-order valence-electron chi connectivity index (χ3n) is 6.96. The van der Waals surface area contributed by atoms with Crippen molar-refractivity contribution in [2.24, 2.45) is 9.98 Å². The van der Waals surface area contributed by atoms with Crippen LogP contribution in [0.5, 0.6) is 11.5 Å². The molecule has 0 N–H and O–H groups in total. The van der Waals surface area contributed by atoms with Gasteiger partial charge in [0.05, 0.1) is 51.0 Å². The molecule has 0 amide bonds. The van der Waals surface area contributed by atoms with Crippen molar-refractivity contribution in [1.29, 1.82) is 0 Å². The van der Waals surface area contributed by atoms with E-state index >= 15 is 0 Å². The Morgan fingerprint density at radius 2 is 0.886 bits per heavy atom. The van der Waals surface area contributed by atoms with E-state index in [1.54, 1.807) is 37.7 Å². The van der Waals surface area contributed by atoms with Crippen molar-refractivity contribution in [3.8, 4) is 11.5 Å². The zero-order valence-electron chi connectivity index (χ0n) is 24.7. The van der Waals surface area contributed by atoms with Gasteiger partial charge in [-0.05, 0) is 72.8 Å². The highest BCUT2D eigenvalue weighted by Gasteiger charge is 2.24. The third-order valence-corrected chi connectivity index (χ3v) is 9.12. The fraction of sp³-hybridized carbons (Fsp3) is 0.294. The van der Waals surface area contributed by atoms with Gasteiger partial charge >= 0.3 is 0 Å². The number of nitrogens with zero attached hydrogens (tertiary/aromatic N) is 2. The maximum Gasteiger partial charge on any atom is 0.119 e. The smallest absolute Gasteiger partial charge is 0.119 e. The molecule has 0 spiro atoms. The van der Waals surface area contributed by atoms with Crippen molar-refractivity contribution in [3.63, 3.8) is 0 Å². The molecule has 2 aliphatic heterocycles. The van der Waals surface area contributed by atoms with Crippen molar-refractivity contribution >= 4 is 55.8 Å². The maximum atomic E-state index is 5.81. The number of rotatable bonds is 16. The van der Waals surface area contributed by atoms with Crippen LogP contribution in [0, 0.1) is 0 Å². The molecule has 0 fully saturated rings. The van der Waals surface area contributed by atoms with E-state index in [2.05, 4.69) is 48.5 Å². The molecule has 0 aromatic heterocycles. The van der Waals surface area contributed by atoms with Gasteiger partial charge in [-0.3, -0.25) is 0 Å². The van der Waals surface area contributed by atoms with E-state index in [0.717, 1.165) is 54.9 Å². The monoisotopic (exact) mass is 630 g/mol. The van der Waals surface area contributed by atoms with Crippen LogP contribution in [0.3, 0.4) is 0 Å². The summed E-state index contributed by atoms with van der Waals surface area (Å²) in [5.74, 6) is 1.61. The highest BCUT2D eigenvalue weighted by atomic mass is 32.2. The summed E-state index contributed by atoms with van der Waals surface area (Å²) in [7, 11) is 3.32. The molecule has 228 valence electrons. The molecule has 44 heavy (non-hydrogen) atoms. The Kier molecular flexibility index (Phi) is 10.5. The molecule has 0 bridgehead atoms. The highest BCUT2D eigenvalue weighted by Crippen LogP contribution is 2.50. The summed E-state index contributed by atoms with van der Waals surface area (Å²) in [6, 6.07) is 24.7. The number of ether oxygens (including phenoxy) is 6. The van der Waals surface area contributed by atoms with Crippen LogP contribution in [0.25, 0.3) is 10.8 Å². The van der Waals surface area contributed by atoms with Crippen LogP contribution in [0.2, 0.25) is 0 Å². The van der Waals surface area contributed by atoms with Gasteiger partial charge in [0.1, 0.15) is 34.8 Å². The first kappa shape index (κ1) is 30.6. The van der Waals surface area contributed by atoms with Crippen LogP contribution in [-0.2, 0) is 18.9 Å². The van der Waals surface area contributed by atoms with Gasteiger partial charge in [-0.2, -0.15) is 0 Å². The predicted octanol–water partition coefficient (Wildman–Crippen LogP) is 7.29. The number of thioether (sulfide) groups is 2. The highest BCUT2D eigenvalue weighted by molar-refractivity contribution is 8.15. The molecule has 2 aliphatic rings. The fourth-order valence-corrected chi connectivity index (χ4v) is 6.89. The summed E-state index contributed by atoms with van der Waals surface area (Å²) in [5.41, 5.74) is 4.04. The van der Waals surface area contributed by atoms with Crippen LogP contribution in [-0.4, -0.2) is 77.2 Å². The summed E-state index contributed by atoms with van der Waals surface area (Å²) in [4.78, 5) is 12.5. The van der Waals surface area contributed by atoms with Gasteiger partial charge in [-0.15, -0.1) is 0 Å². The van der Waals surface area contributed by atoms with E-state index in [0.29, 0.717) is 52.9 Å². The Balaban J connectivity index is 1.13. The van der Waals surface area contributed by atoms with E-state index in [-0.39, 0.29) is 0 Å². The molecule has 0 saturated heterocycles. The second kappa shape index (κ2) is 15.1. The minimum Gasteiger partial charge on any atom is -0.491 e. The number of hydrogen-bond acceptors (Lipinski definition) is 10. The lowest BCUT2D eigenvalue weighted by atomic mass is 10.1. The minimum absolute atomic E-state index is 0.493. The molecule has 10 heteroatoms.